The minimum absolute atomic E-state index is 0.0575. The fourth-order valence-corrected chi connectivity index (χ4v) is 7.38. The molecule has 4 atom stereocenters. The zero-order valence-electron chi connectivity index (χ0n) is 26.0. The Morgan fingerprint density at radius 3 is 2.59 bits per heavy atom. The van der Waals surface area contributed by atoms with Crippen LogP contribution in [-0.4, -0.2) is 80.8 Å². The molecule has 11 heteroatoms. The fourth-order valence-electron chi connectivity index (χ4n) is 5.34. The number of amides is 1. The van der Waals surface area contributed by atoms with Gasteiger partial charge in [0.1, 0.15) is 9.96 Å². The molecular formula is C33H45N3O6S2. The van der Waals surface area contributed by atoms with Crippen molar-refractivity contribution in [3.63, 3.8) is 0 Å². The number of hydrogen-bond acceptors (Lipinski definition) is 8. The van der Waals surface area contributed by atoms with E-state index in [9.17, 15) is 18.3 Å². The summed E-state index contributed by atoms with van der Waals surface area (Å²) < 4.78 is 41.4. The number of anilines is 1. The topological polar surface area (TPSA) is 108 Å². The van der Waals surface area contributed by atoms with E-state index in [1.165, 1.54) is 17.7 Å². The first-order valence-corrected chi connectivity index (χ1v) is 17.6. The molecule has 2 N–H and O–H groups in total. The number of fused-ring (bicyclic) bond motifs is 1. The minimum Gasteiger partial charge on any atom is -0.490 e. The number of aliphatic hydroxyl groups excluding tert-OH is 1. The van der Waals surface area contributed by atoms with Crippen LogP contribution in [0.3, 0.4) is 0 Å². The van der Waals surface area contributed by atoms with Crippen molar-refractivity contribution in [3.05, 3.63) is 77.2 Å². The minimum atomic E-state index is -3.82. The van der Waals surface area contributed by atoms with Gasteiger partial charge in [-0.05, 0) is 75.4 Å². The van der Waals surface area contributed by atoms with E-state index in [4.69, 9.17) is 9.47 Å². The molecule has 0 spiro atoms. The fraction of sp³-hybridized carbons (Fsp3) is 0.485. The number of nitrogens with zero attached hydrogens (tertiary/aromatic N) is 2. The lowest BCUT2D eigenvalue weighted by Crippen LogP contribution is -2.47. The summed E-state index contributed by atoms with van der Waals surface area (Å²) in [5, 5.41) is 11.9. The number of likely N-dealkylation sites (N-methyl/N-ethyl adjacent to an activating group) is 1. The van der Waals surface area contributed by atoms with Crippen LogP contribution in [0.2, 0.25) is 0 Å². The van der Waals surface area contributed by atoms with Crippen molar-refractivity contribution >= 4 is 33.0 Å². The Kier molecular flexibility index (Phi) is 12.2. The maximum Gasteiger partial charge on any atom is 0.271 e. The number of carbonyl (C=O) groups excluding carboxylic acids is 1. The molecule has 0 fully saturated rings. The number of benzene rings is 2. The maximum absolute atomic E-state index is 14.3. The van der Waals surface area contributed by atoms with Gasteiger partial charge in [-0.3, -0.25) is 14.4 Å². The lowest BCUT2D eigenvalue weighted by Gasteiger charge is -2.36. The Hall–Kier alpha value is -2.96. The standard InChI is InChI=1S/C33H45N3O6S2/c1-24-20-36(25(2)23-37)33(38)29-19-28(34-44(39,40)32-14-10-18-43-32)15-16-30(29)42-26(3)11-8-9-17-41-31(24)22-35(4)21-27-12-6-5-7-13-27/h5-7,10,12-16,18-19,24-26,31,34,37H,8-9,11,17,20-23H2,1-4H3/t24-,25-,26+,31-/m0/s1. The van der Waals surface area contributed by atoms with Crippen molar-refractivity contribution in [3.8, 4) is 5.75 Å². The number of sulfonamides is 1. The van der Waals surface area contributed by atoms with E-state index in [1.807, 2.05) is 25.1 Å². The summed E-state index contributed by atoms with van der Waals surface area (Å²) in [5.74, 6) is -0.0130. The number of rotatable bonds is 9. The molecule has 0 radical (unpaired) electrons. The molecule has 1 aromatic heterocycles. The Balaban J connectivity index is 1.63. The largest absolute Gasteiger partial charge is 0.490 e. The molecule has 0 bridgehead atoms. The second-order valence-electron chi connectivity index (χ2n) is 11.7. The number of carbonyl (C=O) groups is 1. The van der Waals surface area contributed by atoms with E-state index in [0.717, 1.165) is 37.1 Å². The molecule has 1 aliphatic heterocycles. The summed E-state index contributed by atoms with van der Waals surface area (Å²) in [6, 6.07) is 17.8. The van der Waals surface area contributed by atoms with Gasteiger partial charge in [0.25, 0.3) is 15.9 Å². The molecule has 1 aliphatic rings. The van der Waals surface area contributed by atoms with Gasteiger partial charge in [-0.15, -0.1) is 11.3 Å². The molecule has 2 aromatic carbocycles. The van der Waals surface area contributed by atoms with Gasteiger partial charge in [-0.25, -0.2) is 8.42 Å². The molecular weight excluding hydrogens is 599 g/mol. The third-order valence-corrected chi connectivity index (χ3v) is 10.6. The van der Waals surface area contributed by atoms with E-state index >= 15 is 0 Å². The second-order valence-corrected chi connectivity index (χ2v) is 14.6. The van der Waals surface area contributed by atoms with Crippen LogP contribution in [0.25, 0.3) is 0 Å². The van der Waals surface area contributed by atoms with Crippen molar-refractivity contribution in [2.45, 2.75) is 69.0 Å². The Bertz CT molecular complexity index is 1430. The van der Waals surface area contributed by atoms with Crippen molar-refractivity contribution in [2.24, 2.45) is 5.92 Å². The quantitative estimate of drug-likeness (QED) is 0.318. The first-order valence-electron chi connectivity index (χ1n) is 15.2. The molecule has 0 unspecified atom stereocenters. The summed E-state index contributed by atoms with van der Waals surface area (Å²) in [7, 11) is -1.75. The molecule has 44 heavy (non-hydrogen) atoms. The third-order valence-electron chi connectivity index (χ3n) is 7.85. The predicted octanol–water partition coefficient (Wildman–Crippen LogP) is 5.48. The number of nitrogens with one attached hydrogen (secondary N) is 1. The highest BCUT2D eigenvalue weighted by molar-refractivity contribution is 7.94. The van der Waals surface area contributed by atoms with Gasteiger partial charge < -0.3 is 19.5 Å². The molecule has 0 aliphatic carbocycles. The van der Waals surface area contributed by atoms with Crippen molar-refractivity contribution in [2.75, 3.05) is 38.1 Å². The van der Waals surface area contributed by atoms with Gasteiger partial charge in [0.2, 0.25) is 0 Å². The summed E-state index contributed by atoms with van der Waals surface area (Å²) in [6.07, 6.45) is 2.23. The molecule has 1 amide bonds. The molecule has 0 saturated heterocycles. The number of aliphatic hydroxyl groups is 1. The number of thiophene rings is 1. The molecule has 2 heterocycles. The van der Waals surface area contributed by atoms with Crippen LogP contribution in [0.15, 0.2) is 70.3 Å². The average Bonchev–Trinajstić information content (AvgIpc) is 3.55. The SMILES string of the molecule is C[C@@H]1CCCCO[C@@H](CN(C)Cc2ccccc2)[C@@H](C)CN([C@@H](C)CO)C(=O)c2cc(NS(=O)(=O)c3cccs3)ccc2O1. The van der Waals surface area contributed by atoms with Crippen LogP contribution in [-0.2, 0) is 21.3 Å². The maximum atomic E-state index is 14.3. The van der Waals surface area contributed by atoms with Crippen molar-refractivity contribution in [1.82, 2.24) is 9.80 Å². The normalized spacial score (nSPS) is 21.3. The van der Waals surface area contributed by atoms with Gasteiger partial charge in [-0.2, -0.15) is 0 Å². The van der Waals surface area contributed by atoms with Gasteiger partial charge in [-0.1, -0.05) is 43.3 Å². The first kappa shape index (κ1) is 33.9. The zero-order chi connectivity index (χ0) is 31.7. The zero-order valence-corrected chi connectivity index (χ0v) is 27.6. The van der Waals surface area contributed by atoms with Gasteiger partial charge in [0, 0.05) is 37.8 Å². The average molecular weight is 644 g/mol. The van der Waals surface area contributed by atoms with Crippen LogP contribution in [0.4, 0.5) is 5.69 Å². The molecule has 4 rings (SSSR count). The molecule has 9 nitrogen and oxygen atoms in total. The number of ether oxygens (including phenoxy) is 2. The van der Waals surface area contributed by atoms with Crippen molar-refractivity contribution in [1.29, 1.82) is 0 Å². The van der Waals surface area contributed by atoms with Crippen LogP contribution in [0.1, 0.15) is 56.0 Å². The van der Waals surface area contributed by atoms with Gasteiger partial charge in [0.15, 0.2) is 0 Å². The summed E-state index contributed by atoms with van der Waals surface area (Å²) >= 11 is 1.12. The van der Waals surface area contributed by atoms with E-state index < -0.39 is 16.1 Å². The third kappa shape index (κ3) is 9.28. The molecule has 3 aromatic rings. The predicted molar refractivity (Wildman–Crippen MR) is 175 cm³/mol. The number of hydrogen-bond donors (Lipinski definition) is 2. The van der Waals surface area contributed by atoms with E-state index in [1.54, 1.807) is 35.4 Å². The highest BCUT2D eigenvalue weighted by Gasteiger charge is 2.30. The van der Waals surface area contributed by atoms with Crippen LogP contribution in [0, 0.1) is 5.92 Å². The molecule has 240 valence electrons. The van der Waals surface area contributed by atoms with Crippen LogP contribution >= 0.6 is 11.3 Å². The lowest BCUT2D eigenvalue weighted by atomic mass is 10.0. The van der Waals surface area contributed by atoms with Gasteiger partial charge in [0.05, 0.1) is 30.4 Å². The Labute approximate surface area is 265 Å². The highest BCUT2D eigenvalue weighted by atomic mass is 32.2. The van der Waals surface area contributed by atoms with Crippen LogP contribution < -0.4 is 9.46 Å². The first-order chi connectivity index (χ1) is 21.1. The summed E-state index contributed by atoms with van der Waals surface area (Å²) in [5.41, 5.74) is 1.72. The van der Waals surface area contributed by atoms with Crippen LogP contribution in [0.5, 0.6) is 5.75 Å². The van der Waals surface area contributed by atoms with E-state index in [0.29, 0.717) is 25.4 Å². The van der Waals surface area contributed by atoms with Crippen molar-refractivity contribution < 1.29 is 27.8 Å². The Morgan fingerprint density at radius 1 is 1.11 bits per heavy atom. The second kappa shape index (κ2) is 15.9. The monoisotopic (exact) mass is 643 g/mol. The molecule has 0 saturated carbocycles. The Morgan fingerprint density at radius 2 is 1.89 bits per heavy atom. The van der Waals surface area contributed by atoms with Gasteiger partial charge >= 0.3 is 0 Å². The smallest absolute Gasteiger partial charge is 0.271 e. The highest BCUT2D eigenvalue weighted by Crippen LogP contribution is 2.30. The lowest BCUT2D eigenvalue weighted by molar-refractivity contribution is -0.0177. The summed E-state index contributed by atoms with van der Waals surface area (Å²) in [4.78, 5) is 18.2. The van der Waals surface area contributed by atoms with E-state index in [2.05, 4.69) is 35.7 Å². The van der Waals surface area contributed by atoms with E-state index in [-0.39, 0.29) is 46.1 Å². The summed E-state index contributed by atoms with van der Waals surface area (Å²) in [6.45, 7) is 8.01.